The van der Waals surface area contributed by atoms with Crippen molar-refractivity contribution in [3.05, 3.63) is 0 Å². The van der Waals surface area contributed by atoms with Crippen LogP contribution in [-0.4, -0.2) is 73.6 Å². The molecule has 1 amide bonds. The summed E-state index contributed by atoms with van der Waals surface area (Å²) in [5.41, 5.74) is 0. The molecule has 1 atom stereocenters. The minimum Gasteiger partial charge on any atom is -0.481 e. The Labute approximate surface area is 230 Å². The van der Waals surface area contributed by atoms with Crippen molar-refractivity contribution in [2.75, 3.05) is 39.5 Å². The molecule has 0 aliphatic heterocycles. The number of carbonyl (C=O) groups excluding carboxylic acids is 2. The van der Waals surface area contributed by atoms with Crippen molar-refractivity contribution in [1.29, 1.82) is 0 Å². The lowest BCUT2D eigenvalue weighted by Crippen LogP contribution is -2.33. The van der Waals surface area contributed by atoms with E-state index in [9.17, 15) is 19.5 Å². The SMILES string of the molecule is CC(=O)COCCOCCNC(O)CCCNC(=O)CCCCCCCCCCCCCCCCC(=O)O. The van der Waals surface area contributed by atoms with E-state index in [0.717, 1.165) is 32.1 Å². The number of ether oxygens (including phenoxy) is 2. The Balaban J connectivity index is 3.28. The molecule has 0 radical (unpaired) electrons. The zero-order chi connectivity index (χ0) is 28.1. The molecule has 9 nitrogen and oxygen atoms in total. The fraction of sp³-hybridized carbons (Fsp3) is 0.897. The Morgan fingerprint density at radius 1 is 0.658 bits per heavy atom. The number of carbonyl (C=O) groups is 3. The third-order valence-electron chi connectivity index (χ3n) is 6.32. The van der Waals surface area contributed by atoms with Gasteiger partial charge in [-0.3, -0.25) is 19.7 Å². The minimum absolute atomic E-state index is 0.00762. The fourth-order valence-electron chi connectivity index (χ4n) is 4.13. The first-order chi connectivity index (χ1) is 18.4. The van der Waals surface area contributed by atoms with Crippen molar-refractivity contribution in [3.63, 3.8) is 0 Å². The van der Waals surface area contributed by atoms with E-state index in [4.69, 9.17) is 14.6 Å². The molecule has 0 rings (SSSR count). The number of aliphatic carboxylic acids is 1. The van der Waals surface area contributed by atoms with Crippen LogP contribution in [0, 0.1) is 0 Å². The molecule has 0 aromatic rings. The Hall–Kier alpha value is -1.55. The number of aliphatic hydroxyl groups excluding tert-OH is 1. The molecule has 0 saturated heterocycles. The van der Waals surface area contributed by atoms with Gasteiger partial charge in [-0.05, 0) is 32.6 Å². The van der Waals surface area contributed by atoms with E-state index in [0.29, 0.717) is 58.6 Å². The zero-order valence-corrected chi connectivity index (χ0v) is 24.0. The summed E-state index contributed by atoms with van der Waals surface area (Å²) in [5.74, 6) is -0.600. The van der Waals surface area contributed by atoms with Gasteiger partial charge in [-0.25, -0.2) is 0 Å². The molecule has 4 N–H and O–H groups in total. The van der Waals surface area contributed by atoms with Crippen LogP contribution in [0.15, 0.2) is 0 Å². The molecule has 0 bridgehead atoms. The largest absolute Gasteiger partial charge is 0.481 e. The number of amides is 1. The molecule has 38 heavy (non-hydrogen) atoms. The molecular formula is C29H56N2O7. The molecule has 224 valence electrons. The smallest absolute Gasteiger partial charge is 0.303 e. The molecular weight excluding hydrogens is 488 g/mol. The van der Waals surface area contributed by atoms with Crippen LogP contribution < -0.4 is 10.6 Å². The monoisotopic (exact) mass is 544 g/mol. The third-order valence-corrected chi connectivity index (χ3v) is 6.32. The highest BCUT2D eigenvalue weighted by Gasteiger charge is 2.05. The van der Waals surface area contributed by atoms with Gasteiger partial charge in [0.15, 0.2) is 5.78 Å². The topological polar surface area (TPSA) is 134 Å². The van der Waals surface area contributed by atoms with Gasteiger partial charge in [-0.1, -0.05) is 77.0 Å². The molecule has 1 unspecified atom stereocenters. The van der Waals surface area contributed by atoms with E-state index in [-0.39, 0.29) is 18.3 Å². The first-order valence-corrected chi connectivity index (χ1v) is 15.0. The number of aliphatic hydroxyl groups is 1. The van der Waals surface area contributed by atoms with Crippen LogP contribution in [0.25, 0.3) is 0 Å². The Morgan fingerprint density at radius 3 is 1.68 bits per heavy atom. The summed E-state index contributed by atoms with van der Waals surface area (Å²) >= 11 is 0. The maximum atomic E-state index is 11.9. The van der Waals surface area contributed by atoms with E-state index >= 15 is 0 Å². The molecule has 0 aromatic carbocycles. The number of rotatable bonds is 30. The van der Waals surface area contributed by atoms with Crippen LogP contribution in [0.2, 0.25) is 0 Å². The Morgan fingerprint density at radius 2 is 1.16 bits per heavy atom. The van der Waals surface area contributed by atoms with Crippen LogP contribution >= 0.6 is 0 Å². The van der Waals surface area contributed by atoms with Crippen molar-refractivity contribution in [1.82, 2.24) is 10.6 Å². The predicted octanol–water partition coefficient (Wildman–Crippen LogP) is 4.74. The van der Waals surface area contributed by atoms with Gasteiger partial charge < -0.3 is 25.0 Å². The lowest BCUT2D eigenvalue weighted by molar-refractivity contribution is -0.137. The first kappa shape index (κ1) is 36.5. The fourth-order valence-corrected chi connectivity index (χ4v) is 4.13. The van der Waals surface area contributed by atoms with Gasteiger partial charge in [0, 0.05) is 25.9 Å². The summed E-state index contributed by atoms with van der Waals surface area (Å²) in [6.45, 7) is 3.94. The number of hydrogen-bond donors (Lipinski definition) is 4. The second kappa shape index (κ2) is 28.5. The number of ketones is 1. The van der Waals surface area contributed by atoms with E-state index < -0.39 is 12.2 Å². The number of unbranched alkanes of at least 4 members (excludes halogenated alkanes) is 13. The average Bonchev–Trinajstić information content (AvgIpc) is 2.87. The number of hydrogen-bond acceptors (Lipinski definition) is 7. The molecule has 0 aliphatic rings. The maximum Gasteiger partial charge on any atom is 0.303 e. The van der Waals surface area contributed by atoms with Crippen molar-refractivity contribution in [2.45, 2.75) is 129 Å². The first-order valence-electron chi connectivity index (χ1n) is 15.0. The minimum atomic E-state index is -0.685. The summed E-state index contributed by atoms with van der Waals surface area (Å²) < 4.78 is 10.5. The van der Waals surface area contributed by atoms with Crippen molar-refractivity contribution in [2.24, 2.45) is 0 Å². The van der Waals surface area contributed by atoms with Gasteiger partial charge in [0.1, 0.15) is 12.8 Å². The number of nitrogens with one attached hydrogen (secondary N) is 2. The molecule has 9 heteroatoms. The normalized spacial score (nSPS) is 11.9. The third kappa shape index (κ3) is 30.7. The highest BCUT2D eigenvalue weighted by molar-refractivity contribution is 5.76. The van der Waals surface area contributed by atoms with E-state index in [1.54, 1.807) is 0 Å². The second-order valence-corrected chi connectivity index (χ2v) is 10.2. The summed E-state index contributed by atoms with van der Waals surface area (Å²) in [5, 5.41) is 24.4. The van der Waals surface area contributed by atoms with Crippen LogP contribution in [0.3, 0.4) is 0 Å². The summed E-state index contributed by atoms with van der Waals surface area (Å²) in [7, 11) is 0. The van der Waals surface area contributed by atoms with Gasteiger partial charge in [0.2, 0.25) is 5.91 Å². The van der Waals surface area contributed by atoms with Gasteiger partial charge in [0.25, 0.3) is 0 Å². The van der Waals surface area contributed by atoms with E-state index in [2.05, 4.69) is 10.6 Å². The Kier molecular flexibility index (Phi) is 27.3. The second-order valence-electron chi connectivity index (χ2n) is 10.2. The van der Waals surface area contributed by atoms with Crippen molar-refractivity contribution in [3.8, 4) is 0 Å². The van der Waals surface area contributed by atoms with Gasteiger partial charge in [-0.15, -0.1) is 0 Å². The van der Waals surface area contributed by atoms with E-state index in [1.807, 2.05) is 0 Å². The average molecular weight is 545 g/mol. The highest BCUT2D eigenvalue weighted by Crippen LogP contribution is 2.13. The zero-order valence-electron chi connectivity index (χ0n) is 24.0. The quantitative estimate of drug-likeness (QED) is 0.0753. The van der Waals surface area contributed by atoms with Gasteiger partial charge in [0.05, 0.1) is 19.8 Å². The molecule has 0 fully saturated rings. The summed E-state index contributed by atoms with van der Waals surface area (Å²) in [6.07, 6.45) is 18.0. The predicted molar refractivity (Wildman–Crippen MR) is 150 cm³/mol. The molecule has 0 aromatic heterocycles. The molecule has 0 aliphatic carbocycles. The van der Waals surface area contributed by atoms with Crippen LogP contribution in [0.5, 0.6) is 0 Å². The van der Waals surface area contributed by atoms with Gasteiger partial charge in [-0.2, -0.15) is 0 Å². The van der Waals surface area contributed by atoms with Crippen molar-refractivity contribution >= 4 is 17.7 Å². The summed E-state index contributed by atoms with van der Waals surface area (Å²) in [4.78, 5) is 33.1. The maximum absolute atomic E-state index is 11.9. The van der Waals surface area contributed by atoms with E-state index in [1.165, 1.54) is 64.7 Å². The number of Topliss-reactive ketones (excluding diaryl/α,β-unsaturated/α-hetero) is 1. The van der Waals surface area contributed by atoms with Crippen LogP contribution in [0.1, 0.15) is 122 Å². The highest BCUT2D eigenvalue weighted by atomic mass is 16.5. The standard InChI is InChI=1S/C29H56N2O7/c1-26(32)25-38-24-23-37-22-21-31-28(34)18-16-20-30-27(33)17-14-12-10-8-6-4-2-3-5-7-9-11-13-15-19-29(35)36/h28,31,34H,2-25H2,1H3,(H,30,33)(H,35,36). The lowest BCUT2D eigenvalue weighted by atomic mass is 10.0. The van der Waals surface area contributed by atoms with Crippen LogP contribution in [-0.2, 0) is 23.9 Å². The van der Waals surface area contributed by atoms with Crippen LogP contribution in [0.4, 0.5) is 0 Å². The number of carboxylic acid groups (broad SMARTS) is 1. The summed E-state index contributed by atoms with van der Waals surface area (Å²) in [6, 6.07) is 0. The van der Waals surface area contributed by atoms with Gasteiger partial charge >= 0.3 is 5.97 Å². The molecule has 0 saturated carbocycles. The lowest BCUT2D eigenvalue weighted by Gasteiger charge is -2.13. The van der Waals surface area contributed by atoms with Crippen molar-refractivity contribution < 1.29 is 34.1 Å². The Bertz CT molecular complexity index is 575. The molecule has 0 spiro atoms. The molecule has 0 heterocycles. The number of carboxylic acids is 1.